The van der Waals surface area contributed by atoms with Crippen LogP contribution in [0, 0.1) is 19.7 Å². The normalized spacial score (nSPS) is 12.7. The van der Waals surface area contributed by atoms with Crippen molar-refractivity contribution in [1.82, 2.24) is 9.78 Å². The van der Waals surface area contributed by atoms with Crippen LogP contribution in [0.4, 0.5) is 4.39 Å². The first-order valence-electron chi connectivity index (χ1n) is 6.02. The summed E-state index contributed by atoms with van der Waals surface area (Å²) in [5, 5.41) is 14.6. The molecule has 1 N–H and O–H groups in total. The summed E-state index contributed by atoms with van der Waals surface area (Å²) in [6, 6.07) is 4.86. The lowest BCUT2D eigenvalue weighted by Crippen LogP contribution is -2.06. The van der Waals surface area contributed by atoms with Crippen LogP contribution < -0.4 is 0 Å². The first-order chi connectivity index (χ1) is 8.90. The second-order valence-electron chi connectivity index (χ2n) is 4.66. The van der Waals surface area contributed by atoms with E-state index in [0.717, 1.165) is 17.0 Å². The minimum absolute atomic E-state index is 0.243. The molecule has 1 aromatic heterocycles. The van der Waals surface area contributed by atoms with Crippen LogP contribution in [0.15, 0.2) is 22.7 Å². The number of benzene rings is 1. The van der Waals surface area contributed by atoms with E-state index in [4.69, 9.17) is 0 Å². The molecule has 0 saturated heterocycles. The van der Waals surface area contributed by atoms with Gasteiger partial charge in [0.05, 0.1) is 11.8 Å². The Bertz CT molecular complexity index is 610. The Morgan fingerprint density at radius 3 is 2.63 bits per heavy atom. The molecule has 0 saturated carbocycles. The van der Waals surface area contributed by atoms with E-state index in [0.29, 0.717) is 10.0 Å². The Morgan fingerprint density at radius 1 is 1.42 bits per heavy atom. The van der Waals surface area contributed by atoms with Crippen molar-refractivity contribution in [1.29, 1.82) is 0 Å². The van der Waals surface area contributed by atoms with Gasteiger partial charge in [-0.2, -0.15) is 5.10 Å². The second-order valence-corrected chi connectivity index (χ2v) is 5.58. The van der Waals surface area contributed by atoms with Crippen LogP contribution in [0.1, 0.15) is 28.6 Å². The SMILES string of the molecule is Cc1nn(C)c(C)c1C(O)Cc1ccc(Br)cc1F. The molecular weight excluding hydrogens is 311 g/mol. The van der Waals surface area contributed by atoms with Crippen LogP contribution in [0.2, 0.25) is 0 Å². The minimum atomic E-state index is -0.746. The Hall–Kier alpha value is -1.20. The number of hydrogen-bond acceptors (Lipinski definition) is 2. The van der Waals surface area contributed by atoms with Crippen molar-refractivity contribution in [2.24, 2.45) is 7.05 Å². The third-order valence-electron chi connectivity index (χ3n) is 3.33. The van der Waals surface area contributed by atoms with Gasteiger partial charge in [-0.15, -0.1) is 0 Å². The van der Waals surface area contributed by atoms with E-state index in [2.05, 4.69) is 21.0 Å². The van der Waals surface area contributed by atoms with Crippen molar-refractivity contribution in [2.45, 2.75) is 26.4 Å². The molecule has 1 atom stereocenters. The first kappa shape index (κ1) is 14.2. The maximum absolute atomic E-state index is 13.8. The highest BCUT2D eigenvalue weighted by Gasteiger charge is 2.19. The number of aromatic nitrogens is 2. The van der Waals surface area contributed by atoms with Gasteiger partial charge in [0, 0.05) is 29.2 Å². The van der Waals surface area contributed by atoms with Crippen LogP contribution in [0.3, 0.4) is 0 Å². The van der Waals surface area contributed by atoms with Crippen LogP contribution in [-0.4, -0.2) is 14.9 Å². The molecule has 0 amide bonds. The van der Waals surface area contributed by atoms with Gasteiger partial charge in [0.25, 0.3) is 0 Å². The number of rotatable bonds is 3. The average Bonchev–Trinajstić information content (AvgIpc) is 2.57. The van der Waals surface area contributed by atoms with Crippen molar-refractivity contribution in [3.63, 3.8) is 0 Å². The summed E-state index contributed by atoms with van der Waals surface area (Å²) in [5.41, 5.74) is 2.97. The summed E-state index contributed by atoms with van der Waals surface area (Å²) in [6.07, 6.45) is -0.503. The van der Waals surface area contributed by atoms with E-state index in [1.165, 1.54) is 6.07 Å². The largest absolute Gasteiger partial charge is 0.388 e. The summed E-state index contributed by atoms with van der Waals surface area (Å²) in [7, 11) is 1.83. The van der Waals surface area contributed by atoms with Crippen molar-refractivity contribution in [2.75, 3.05) is 0 Å². The fourth-order valence-corrected chi connectivity index (χ4v) is 2.60. The molecule has 0 fully saturated rings. The highest BCUT2D eigenvalue weighted by molar-refractivity contribution is 9.10. The molecular formula is C14H16BrFN2O. The van der Waals surface area contributed by atoms with E-state index >= 15 is 0 Å². The minimum Gasteiger partial charge on any atom is -0.388 e. The summed E-state index contributed by atoms with van der Waals surface area (Å²) in [6.45, 7) is 3.75. The predicted octanol–water partition coefficient (Wildman–Crippen LogP) is 3.21. The number of halogens is 2. The van der Waals surface area contributed by atoms with E-state index in [9.17, 15) is 9.50 Å². The average molecular weight is 327 g/mol. The van der Waals surface area contributed by atoms with Gasteiger partial charge in [0.15, 0.2) is 0 Å². The number of aliphatic hydroxyl groups excluding tert-OH is 1. The van der Waals surface area contributed by atoms with Crippen molar-refractivity contribution < 1.29 is 9.50 Å². The van der Waals surface area contributed by atoms with Gasteiger partial charge in [-0.3, -0.25) is 4.68 Å². The first-order valence-corrected chi connectivity index (χ1v) is 6.81. The van der Waals surface area contributed by atoms with Crippen LogP contribution in [0.25, 0.3) is 0 Å². The topological polar surface area (TPSA) is 38.0 Å². The molecule has 0 aliphatic rings. The summed E-state index contributed by atoms with van der Waals surface area (Å²) in [5.74, 6) is -0.312. The second kappa shape index (κ2) is 5.43. The molecule has 0 spiro atoms. The molecule has 0 bridgehead atoms. The van der Waals surface area contributed by atoms with E-state index in [1.807, 2.05) is 20.9 Å². The van der Waals surface area contributed by atoms with E-state index in [-0.39, 0.29) is 12.2 Å². The van der Waals surface area contributed by atoms with Crippen molar-refractivity contribution in [3.05, 3.63) is 51.0 Å². The molecule has 0 radical (unpaired) electrons. The number of aryl methyl sites for hydroxylation is 2. The van der Waals surface area contributed by atoms with E-state index in [1.54, 1.807) is 16.8 Å². The van der Waals surface area contributed by atoms with Crippen LogP contribution in [-0.2, 0) is 13.5 Å². The molecule has 1 unspecified atom stereocenters. The van der Waals surface area contributed by atoms with Gasteiger partial charge in [0.1, 0.15) is 5.82 Å². The maximum Gasteiger partial charge on any atom is 0.127 e. The Kier molecular flexibility index (Phi) is 4.06. The molecule has 19 heavy (non-hydrogen) atoms. The number of hydrogen-bond donors (Lipinski definition) is 1. The zero-order valence-electron chi connectivity index (χ0n) is 11.1. The summed E-state index contributed by atoms with van der Waals surface area (Å²) in [4.78, 5) is 0. The summed E-state index contributed by atoms with van der Waals surface area (Å²) < 4.78 is 16.2. The Balaban J connectivity index is 2.28. The zero-order chi connectivity index (χ0) is 14.2. The monoisotopic (exact) mass is 326 g/mol. The molecule has 0 aliphatic carbocycles. The highest BCUT2D eigenvalue weighted by atomic mass is 79.9. The highest BCUT2D eigenvalue weighted by Crippen LogP contribution is 2.26. The smallest absolute Gasteiger partial charge is 0.127 e. The van der Waals surface area contributed by atoms with Gasteiger partial charge >= 0.3 is 0 Å². The molecule has 5 heteroatoms. The van der Waals surface area contributed by atoms with Gasteiger partial charge in [0.2, 0.25) is 0 Å². The maximum atomic E-state index is 13.8. The van der Waals surface area contributed by atoms with Crippen molar-refractivity contribution >= 4 is 15.9 Å². The molecule has 1 aromatic carbocycles. The lowest BCUT2D eigenvalue weighted by molar-refractivity contribution is 0.175. The number of nitrogens with zero attached hydrogens (tertiary/aromatic N) is 2. The molecule has 0 aliphatic heterocycles. The fraction of sp³-hybridized carbons (Fsp3) is 0.357. The molecule has 1 heterocycles. The predicted molar refractivity (Wildman–Crippen MR) is 75.4 cm³/mol. The molecule has 2 aromatic rings. The lowest BCUT2D eigenvalue weighted by atomic mass is 9.99. The fourth-order valence-electron chi connectivity index (χ4n) is 2.27. The van der Waals surface area contributed by atoms with Crippen molar-refractivity contribution in [3.8, 4) is 0 Å². The van der Waals surface area contributed by atoms with Gasteiger partial charge in [-0.25, -0.2) is 4.39 Å². The van der Waals surface area contributed by atoms with Crippen LogP contribution in [0.5, 0.6) is 0 Å². The van der Waals surface area contributed by atoms with Gasteiger partial charge < -0.3 is 5.11 Å². The van der Waals surface area contributed by atoms with Gasteiger partial charge in [-0.1, -0.05) is 22.0 Å². The molecule has 2 rings (SSSR count). The number of aliphatic hydroxyl groups is 1. The standard InChI is InChI=1S/C14H16BrFN2O/c1-8-14(9(2)18(3)17-8)13(19)6-10-4-5-11(15)7-12(10)16/h4-5,7,13,19H,6H2,1-3H3. The quantitative estimate of drug-likeness (QED) is 0.940. The zero-order valence-corrected chi connectivity index (χ0v) is 12.7. The lowest BCUT2D eigenvalue weighted by Gasteiger charge is -2.12. The third-order valence-corrected chi connectivity index (χ3v) is 3.82. The Labute approximate surface area is 120 Å². The molecule has 102 valence electrons. The summed E-state index contributed by atoms with van der Waals surface area (Å²) >= 11 is 3.22. The Morgan fingerprint density at radius 2 is 2.11 bits per heavy atom. The van der Waals surface area contributed by atoms with E-state index < -0.39 is 6.10 Å². The third kappa shape index (κ3) is 2.87. The molecule has 3 nitrogen and oxygen atoms in total. The van der Waals surface area contributed by atoms with Crippen LogP contribution >= 0.6 is 15.9 Å². The van der Waals surface area contributed by atoms with Gasteiger partial charge in [-0.05, 0) is 31.5 Å².